The third-order valence-electron chi connectivity index (χ3n) is 2.59. The number of hydrogen-bond donors (Lipinski definition) is 2. The Hall–Kier alpha value is -2.02. The predicted octanol–water partition coefficient (Wildman–Crippen LogP) is 1.30. The van der Waals surface area contributed by atoms with Crippen LogP contribution in [0.3, 0.4) is 0 Å². The molecule has 0 amide bonds. The van der Waals surface area contributed by atoms with Crippen LogP contribution in [0, 0.1) is 4.77 Å². The SMILES string of the molecule is COc1ccc(Cn2c(=O)[nH][nH]c2=S)c(OC)c1. The Morgan fingerprint density at radius 1 is 1.28 bits per heavy atom. The summed E-state index contributed by atoms with van der Waals surface area (Å²) in [6.45, 7) is 0.338. The van der Waals surface area contributed by atoms with Gasteiger partial charge in [0, 0.05) is 11.6 Å². The van der Waals surface area contributed by atoms with Crippen molar-refractivity contribution in [3.05, 3.63) is 39.0 Å². The Bertz CT molecular complexity index is 629. The van der Waals surface area contributed by atoms with Gasteiger partial charge >= 0.3 is 5.69 Å². The molecule has 2 rings (SSSR count). The fourth-order valence-corrected chi connectivity index (χ4v) is 1.83. The molecule has 18 heavy (non-hydrogen) atoms. The van der Waals surface area contributed by atoms with Crippen LogP contribution in [0.25, 0.3) is 0 Å². The third-order valence-corrected chi connectivity index (χ3v) is 2.91. The summed E-state index contributed by atoms with van der Waals surface area (Å²) in [6.07, 6.45) is 0. The summed E-state index contributed by atoms with van der Waals surface area (Å²) in [7, 11) is 3.15. The molecule has 0 fully saturated rings. The molecule has 0 bridgehead atoms. The standard InChI is InChI=1S/C11H13N3O3S/c1-16-8-4-3-7(9(5-8)17-2)6-14-10(15)12-13-11(14)18/h3-5H,6H2,1-2H3,(H,12,15)(H,13,18). The zero-order valence-corrected chi connectivity index (χ0v) is 10.8. The monoisotopic (exact) mass is 267 g/mol. The highest BCUT2D eigenvalue weighted by molar-refractivity contribution is 7.71. The van der Waals surface area contributed by atoms with E-state index in [1.54, 1.807) is 20.3 Å². The second kappa shape index (κ2) is 5.09. The van der Waals surface area contributed by atoms with E-state index in [4.69, 9.17) is 21.7 Å². The van der Waals surface area contributed by atoms with Crippen LogP contribution >= 0.6 is 12.2 Å². The van der Waals surface area contributed by atoms with Gasteiger partial charge in [-0.15, -0.1) is 0 Å². The minimum Gasteiger partial charge on any atom is -0.497 e. The molecular weight excluding hydrogens is 254 g/mol. The lowest BCUT2D eigenvalue weighted by Gasteiger charge is -2.10. The van der Waals surface area contributed by atoms with Crippen LogP contribution in [-0.4, -0.2) is 29.0 Å². The molecule has 0 radical (unpaired) electrons. The van der Waals surface area contributed by atoms with E-state index in [9.17, 15) is 4.79 Å². The number of aromatic amines is 2. The first-order valence-electron chi connectivity index (χ1n) is 5.24. The minimum atomic E-state index is -0.280. The van der Waals surface area contributed by atoms with Crippen LogP contribution in [0.1, 0.15) is 5.56 Å². The molecule has 6 nitrogen and oxygen atoms in total. The molecule has 0 aliphatic carbocycles. The number of hydrogen-bond acceptors (Lipinski definition) is 4. The lowest BCUT2D eigenvalue weighted by Crippen LogP contribution is -2.18. The number of methoxy groups -OCH3 is 2. The van der Waals surface area contributed by atoms with Gasteiger partial charge in [0.05, 0.1) is 20.8 Å². The quantitative estimate of drug-likeness (QED) is 0.819. The van der Waals surface area contributed by atoms with Crippen molar-refractivity contribution in [1.29, 1.82) is 0 Å². The number of rotatable bonds is 4. The van der Waals surface area contributed by atoms with Gasteiger partial charge in [0.1, 0.15) is 11.5 Å². The highest BCUT2D eigenvalue weighted by Crippen LogP contribution is 2.24. The molecule has 0 atom stereocenters. The smallest absolute Gasteiger partial charge is 0.342 e. The lowest BCUT2D eigenvalue weighted by atomic mass is 10.2. The summed E-state index contributed by atoms with van der Waals surface area (Å²) in [5.41, 5.74) is 0.567. The number of nitrogens with zero attached hydrogens (tertiary/aromatic N) is 1. The van der Waals surface area contributed by atoms with Crippen LogP contribution < -0.4 is 15.2 Å². The van der Waals surface area contributed by atoms with Crippen LogP contribution in [0.4, 0.5) is 0 Å². The molecule has 7 heteroatoms. The Labute approximate surface area is 108 Å². The summed E-state index contributed by atoms with van der Waals surface area (Å²) >= 11 is 5.01. The fourth-order valence-electron chi connectivity index (χ4n) is 1.63. The van der Waals surface area contributed by atoms with Gasteiger partial charge in [-0.05, 0) is 24.4 Å². The number of benzene rings is 1. The number of H-pyrrole nitrogens is 2. The molecule has 0 aliphatic heterocycles. The van der Waals surface area contributed by atoms with Crippen molar-refractivity contribution in [1.82, 2.24) is 14.8 Å². The maximum absolute atomic E-state index is 11.5. The maximum Gasteiger partial charge on any atom is 0.342 e. The van der Waals surface area contributed by atoms with E-state index in [-0.39, 0.29) is 5.69 Å². The van der Waals surface area contributed by atoms with Crippen molar-refractivity contribution in [2.24, 2.45) is 0 Å². The average Bonchev–Trinajstić information content (AvgIpc) is 2.71. The van der Waals surface area contributed by atoms with Crippen molar-refractivity contribution < 1.29 is 9.47 Å². The summed E-state index contributed by atoms with van der Waals surface area (Å²) in [6, 6.07) is 5.41. The largest absolute Gasteiger partial charge is 0.497 e. The van der Waals surface area contributed by atoms with Gasteiger partial charge in [-0.1, -0.05) is 0 Å². The topological polar surface area (TPSA) is 72.0 Å². The maximum atomic E-state index is 11.5. The molecule has 0 unspecified atom stereocenters. The van der Waals surface area contributed by atoms with Gasteiger partial charge in [0.2, 0.25) is 0 Å². The second-order valence-corrected chi connectivity index (χ2v) is 4.01. The molecule has 0 saturated carbocycles. The summed E-state index contributed by atoms with van der Waals surface area (Å²) in [5, 5.41) is 5.02. The number of ether oxygens (including phenoxy) is 2. The molecule has 96 valence electrons. The molecule has 0 spiro atoms. The normalized spacial score (nSPS) is 10.3. The Balaban J connectivity index is 2.40. The van der Waals surface area contributed by atoms with Crippen LogP contribution in [0.15, 0.2) is 23.0 Å². The van der Waals surface area contributed by atoms with E-state index < -0.39 is 0 Å². The van der Waals surface area contributed by atoms with E-state index in [0.717, 1.165) is 5.56 Å². The molecular formula is C11H13N3O3S. The Morgan fingerprint density at radius 3 is 2.61 bits per heavy atom. The fraction of sp³-hybridized carbons (Fsp3) is 0.273. The molecule has 1 aromatic carbocycles. The second-order valence-electron chi connectivity index (χ2n) is 3.62. The van der Waals surface area contributed by atoms with Gasteiger partial charge in [0.25, 0.3) is 0 Å². The van der Waals surface area contributed by atoms with Crippen molar-refractivity contribution in [2.75, 3.05) is 14.2 Å². The highest BCUT2D eigenvalue weighted by Gasteiger charge is 2.08. The predicted molar refractivity (Wildman–Crippen MR) is 68.9 cm³/mol. The minimum absolute atomic E-state index is 0.280. The van der Waals surface area contributed by atoms with Gasteiger partial charge < -0.3 is 9.47 Å². The van der Waals surface area contributed by atoms with E-state index in [0.29, 0.717) is 22.8 Å². The van der Waals surface area contributed by atoms with E-state index >= 15 is 0 Å². The zero-order chi connectivity index (χ0) is 13.1. The molecule has 1 heterocycles. The van der Waals surface area contributed by atoms with Crippen molar-refractivity contribution >= 4 is 12.2 Å². The van der Waals surface area contributed by atoms with Crippen molar-refractivity contribution in [3.8, 4) is 11.5 Å². The molecule has 0 aliphatic rings. The van der Waals surface area contributed by atoms with Crippen LogP contribution in [-0.2, 0) is 6.54 Å². The lowest BCUT2D eigenvalue weighted by molar-refractivity contribution is 0.390. The highest BCUT2D eigenvalue weighted by atomic mass is 32.1. The van der Waals surface area contributed by atoms with Crippen LogP contribution in [0.5, 0.6) is 11.5 Å². The average molecular weight is 267 g/mol. The Kier molecular flexibility index (Phi) is 3.52. The Morgan fingerprint density at radius 2 is 2.06 bits per heavy atom. The van der Waals surface area contributed by atoms with E-state index in [1.165, 1.54) is 4.57 Å². The first-order valence-corrected chi connectivity index (χ1v) is 5.65. The van der Waals surface area contributed by atoms with Crippen molar-refractivity contribution in [3.63, 3.8) is 0 Å². The zero-order valence-electron chi connectivity index (χ0n) is 10.0. The van der Waals surface area contributed by atoms with E-state index in [1.807, 2.05) is 12.1 Å². The molecule has 2 N–H and O–H groups in total. The van der Waals surface area contributed by atoms with Gasteiger partial charge in [0.15, 0.2) is 4.77 Å². The first kappa shape index (κ1) is 12.4. The summed E-state index contributed by atoms with van der Waals surface area (Å²) in [4.78, 5) is 11.5. The molecule has 0 saturated heterocycles. The van der Waals surface area contributed by atoms with Gasteiger partial charge in [-0.2, -0.15) is 0 Å². The van der Waals surface area contributed by atoms with Gasteiger partial charge in [-0.25, -0.2) is 9.89 Å². The molecule has 1 aromatic heterocycles. The summed E-state index contributed by atoms with van der Waals surface area (Å²) < 4.78 is 12.1. The number of nitrogens with one attached hydrogen (secondary N) is 2. The summed E-state index contributed by atoms with van der Waals surface area (Å²) in [5.74, 6) is 1.35. The third kappa shape index (κ3) is 2.30. The number of aromatic nitrogens is 3. The van der Waals surface area contributed by atoms with Crippen LogP contribution in [0.2, 0.25) is 0 Å². The van der Waals surface area contributed by atoms with Gasteiger partial charge in [-0.3, -0.25) is 9.67 Å². The first-order chi connectivity index (χ1) is 8.65. The molecule has 2 aromatic rings. The van der Waals surface area contributed by atoms with E-state index in [2.05, 4.69) is 10.2 Å². The van der Waals surface area contributed by atoms with Crippen molar-refractivity contribution in [2.45, 2.75) is 6.54 Å².